The molecule has 3 aliphatic heterocycles. The molecule has 0 saturated carbocycles. The average molecular weight is 228 g/mol. The van der Waals surface area contributed by atoms with Gasteiger partial charge in [0, 0.05) is 30.7 Å². The molecule has 17 heavy (non-hydrogen) atoms. The summed E-state index contributed by atoms with van der Waals surface area (Å²) in [7, 11) is 0. The third-order valence-electron chi connectivity index (χ3n) is 4.96. The molecule has 2 nitrogen and oxygen atoms in total. The van der Waals surface area contributed by atoms with Crippen LogP contribution >= 0.6 is 0 Å². The van der Waals surface area contributed by atoms with Gasteiger partial charge in [-0.1, -0.05) is 30.3 Å². The Morgan fingerprint density at radius 1 is 0.941 bits per heavy atom. The molecule has 3 unspecified atom stereocenters. The molecule has 3 fully saturated rings. The van der Waals surface area contributed by atoms with Gasteiger partial charge in [-0.3, -0.25) is 4.90 Å². The van der Waals surface area contributed by atoms with Crippen molar-refractivity contribution in [1.82, 2.24) is 10.2 Å². The first-order valence-corrected chi connectivity index (χ1v) is 6.97. The summed E-state index contributed by atoms with van der Waals surface area (Å²) in [5, 5.41) is 3.83. The number of nitrogens with zero attached hydrogens (tertiary/aromatic N) is 1. The largest absolute Gasteiger partial charge is 0.308 e. The molecule has 3 aliphatic rings. The molecule has 0 aromatic heterocycles. The van der Waals surface area contributed by atoms with Gasteiger partial charge in [0.05, 0.1) is 0 Å². The molecule has 2 heteroatoms. The minimum Gasteiger partial charge on any atom is -0.308 e. The van der Waals surface area contributed by atoms with E-state index in [-0.39, 0.29) is 0 Å². The standard InChI is InChI=1S/C15H20N2/c1-2-4-11(5-3-1)10-17-14-8-9-15(17)13-7-6-12(14)16-13/h1-5,12-16H,6-10H2/t12-,13?,14?,15?/m1/s1. The van der Waals surface area contributed by atoms with Crippen LogP contribution in [0.5, 0.6) is 0 Å². The lowest BCUT2D eigenvalue weighted by molar-refractivity contribution is 0.104. The maximum absolute atomic E-state index is 3.83. The van der Waals surface area contributed by atoms with Crippen molar-refractivity contribution in [2.75, 3.05) is 0 Å². The van der Waals surface area contributed by atoms with E-state index in [1.54, 1.807) is 0 Å². The fraction of sp³-hybridized carbons (Fsp3) is 0.600. The van der Waals surface area contributed by atoms with E-state index in [1.807, 2.05) is 0 Å². The third kappa shape index (κ3) is 1.54. The molecule has 4 rings (SSSR count). The molecule has 0 amide bonds. The number of hydrogen-bond donors (Lipinski definition) is 1. The van der Waals surface area contributed by atoms with Crippen LogP contribution in [0.1, 0.15) is 31.2 Å². The summed E-state index contributed by atoms with van der Waals surface area (Å²) >= 11 is 0. The molecule has 0 spiro atoms. The zero-order valence-electron chi connectivity index (χ0n) is 10.2. The quantitative estimate of drug-likeness (QED) is 0.834. The third-order valence-corrected chi connectivity index (χ3v) is 4.96. The zero-order valence-corrected chi connectivity index (χ0v) is 10.2. The minimum absolute atomic E-state index is 0.780. The second-order valence-electron chi connectivity index (χ2n) is 5.83. The van der Waals surface area contributed by atoms with Crippen LogP contribution in [0.3, 0.4) is 0 Å². The zero-order chi connectivity index (χ0) is 11.2. The Bertz CT molecular complexity index is 385. The number of hydrogen-bond acceptors (Lipinski definition) is 2. The molecule has 4 bridgehead atoms. The molecule has 1 aromatic carbocycles. The SMILES string of the molecule is c1ccc(CN2C3CCC2[C@H]2CCC3N2)cc1. The first-order valence-electron chi connectivity index (χ1n) is 6.97. The van der Waals surface area contributed by atoms with Crippen LogP contribution in [0, 0.1) is 0 Å². The summed E-state index contributed by atoms with van der Waals surface area (Å²) in [6.45, 7) is 1.16. The van der Waals surface area contributed by atoms with Crippen LogP contribution in [0.15, 0.2) is 30.3 Å². The van der Waals surface area contributed by atoms with Gasteiger partial charge in [0.2, 0.25) is 0 Å². The lowest BCUT2D eigenvalue weighted by Crippen LogP contribution is -2.57. The molecule has 3 heterocycles. The van der Waals surface area contributed by atoms with Gasteiger partial charge in [-0.2, -0.15) is 0 Å². The molecule has 3 saturated heterocycles. The Morgan fingerprint density at radius 3 is 2.24 bits per heavy atom. The van der Waals surface area contributed by atoms with Crippen molar-refractivity contribution in [2.45, 2.75) is 56.4 Å². The summed E-state index contributed by atoms with van der Waals surface area (Å²) in [5.74, 6) is 0. The van der Waals surface area contributed by atoms with E-state index in [4.69, 9.17) is 0 Å². The van der Waals surface area contributed by atoms with Crippen molar-refractivity contribution < 1.29 is 0 Å². The van der Waals surface area contributed by atoms with Gasteiger partial charge in [0.25, 0.3) is 0 Å². The number of rotatable bonds is 2. The maximum atomic E-state index is 3.83. The Kier molecular flexibility index (Phi) is 2.27. The summed E-state index contributed by atoms with van der Waals surface area (Å²) in [6, 6.07) is 14.1. The van der Waals surface area contributed by atoms with Gasteiger partial charge in [0.15, 0.2) is 0 Å². The fourth-order valence-electron chi connectivity index (χ4n) is 4.22. The van der Waals surface area contributed by atoms with Gasteiger partial charge < -0.3 is 5.32 Å². The molecule has 4 atom stereocenters. The minimum atomic E-state index is 0.780. The van der Waals surface area contributed by atoms with E-state index in [2.05, 4.69) is 40.5 Å². The average Bonchev–Trinajstić information content (AvgIpc) is 2.87. The van der Waals surface area contributed by atoms with Crippen molar-refractivity contribution in [3.8, 4) is 0 Å². The lowest BCUT2D eigenvalue weighted by atomic mass is 10.0. The number of nitrogens with one attached hydrogen (secondary N) is 1. The topological polar surface area (TPSA) is 15.3 Å². The second-order valence-corrected chi connectivity index (χ2v) is 5.83. The van der Waals surface area contributed by atoms with E-state index < -0.39 is 0 Å². The van der Waals surface area contributed by atoms with Crippen LogP contribution in [-0.4, -0.2) is 29.1 Å². The van der Waals surface area contributed by atoms with Crippen LogP contribution < -0.4 is 5.32 Å². The molecule has 90 valence electrons. The van der Waals surface area contributed by atoms with E-state index >= 15 is 0 Å². The summed E-state index contributed by atoms with van der Waals surface area (Å²) in [6.07, 6.45) is 5.62. The number of fused-ring (bicyclic) bond motifs is 6. The molecular weight excluding hydrogens is 208 g/mol. The van der Waals surface area contributed by atoms with Gasteiger partial charge >= 0.3 is 0 Å². The van der Waals surface area contributed by atoms with Gasteiger partial charge in [0.1, 0.15) is 0 Å². The Labute approximate surface area is 103 Å². The first kappa shape index (κ1) is 10.1. The normalized spacial score (nSPS) is 39.8. The predicted molar refractivity (Wildman–Crippen MR) is 68.7 cm³/mol. The Balaban J connectivity index is 1.59. The van der Waals surface area contributed by atoms with Gasteiger partial charge in [-0.15, -0.1) is 0 Å². The highest BCUT2D eigenvalue weighted by molar-refractivity contribution is 5.17. The molecule has 0 radical (unpaired) electrons. The van der Waals surface area contributed by atoms with Crippen molar-refractivity contribution in [3.05, 3.63) is 35.9 Å². The van der Waals surface area contributed by atoms with E-state index in [1.165, 1.54) is 31.2 Å². The Hall–Kier alpha value is -0.860. The fourth-order valence-corrected chi connectivity index (χ4v) is 4.22. The van der Waals surface area contributed by atoms with Crippen molar-refractivity contribution in [3.63, 3.8) is 0 Å². The van der Waals surface area contributed by atoms with Crippen molar-refractivity contribution in [1.29, 1.82) is 0 Å². The van der Waals surface area contributed by atoms with Crippen LogP contribution in [0.2, 0.25) is 0 Å². The van der Waals surface area contributed by atoms with E-state index in [9.17, 15) is 0 Å². The highest BCUT2D eigenvalue weighted by atomic mass is 15.3. The highest BCUT2D eigenvalue weighted by Crippen LogP contribution is 2.40. The molecule has 0 aliphatic carbocycles. The van der Waals surface area contributed by atoms with Crippen molar-refractivity contribution in [2.24, 2.45) is 0 Å². The number of benzene rings is 1. The van der Waals surface area contributed by atoms with Crippen LogP contribution in [0.25, 0.3) is 0 Å². The van der Waals surface area contributed by atoms with Crippen molar-refractivity contribution >= 4 is 0 Å². The molecule has 1 aromatic rings. The van der Waals surface area contributed by atoms with E-state index in [0.717, 1.165) is 30.7 Å². The smallest absolute Gasteiger partial charge is 0.0257 e. The van der Waals surface area contributed by atoms with Gasteiger partial charge in [-0.25, -0.2) is 0 Å². The summed E-state index contributed by atoms with van der Waals surface area (Å²) < 4.78 is 0. The molecular formula is C15H20N2. The second kappa shape index (κ2) is 3.82. The van der Waals surface area contributed by atoms with Crippen LogP contribution in [0.4, 0.5) is 0 Å². The van der Waals surface area contributed by atoms with Gasteiger partial charge in [-0.05, 0) is 31.2 Å². The van der Waals surface area contributed by atoms with Crippen LogP contribution in [-0.2, 0) is 6.54 Å². The lowest BCUT2D eigenvalue weighted by Gasteiger charge is -2.40. The summed E-state index contributed by atoms with van der Waals surface area (Å²) in [5.41, 5.74) is 1.48. The number of piperazine rings is 1. The first-order chi connectivity index (χ1) is 8.42. The Morgan fingerprint density at radius 2 is 1.59 bits per heavy atom. The highest BCUT2D eigenvalue weighted by Gasteiger charge is 2.49. The summed E-state index contributed by atoms with van der Waals surface area (Å²) in [4.78, 5) is 2.79. The monoisotopic (exact) mass is 228 g/mol. The molecule has 1 N–H and O–H groups in total. The predicted octanol–water partition coefficient (Wildman–Crippen LogP) is 2.15. The van der Waals surface area contributed by atoms with E-state index in [0.29, 0.717) is 0 Å². The maximum Gasteiger partial charge on any atom is 0.0257 e.